The van der Waals surface area contributed by atoms with Crippen molar-refractivity contribution in [2.45, 2.75) is 18.9 Å². The van der Waals surface area contributed by atoms with E-state index < -0.39 is 10.0 Å². The average molecular weight is 284 g/mol. The molecular formula is C11H16N4O3S. The third kappa shape index (κ3) is 3.71. The fourth-order valence-electron chi connectivity index (χ4n) is 2.01. The number of rotatable bonds is 3. The van der Waals surface area contributed by atoms with Gasteiger partial charge in [0.25, 0.3) is 5.91 Å². The molecule has 0 aliphatic carbocycles. The highest BCUT2D eigenvalue weighted by Gasteiger charge is 2.26. The lowest BCUT2D eigenvalue weighted by molar-refractivity contribution is 0.0918. The Morgan fingerprint density at radius 1 is 1.37 bits per heavy atom. The van der Waals surface area contributed by atoms with Gasteiger partial charge in [-0.15, -0.1) is 0 Å². The van der Waals surface area contributed by atoms with E-state index in [4.69, 9.17) is 0 Å². The van der Waals surface area contributed by atoms with E-state index in [1.807, 2.05) is 0 Å². The van der Waals surface area contributed by atoms with Gasteiger partial charge in [0, 0.05) is 31.5 Å². The van der Waals surface area contributed by atoms with E-state index in [1.54, 1.807) is 0 Å². The highest BCUT2D eigenvalue weighted by Crippen LogP contribution is 2.13. The van der Waals surface area contributed by atoms with Gasteiger partial charge in [-0.05, 0) is 12.8 Å². The number of hydrogen-bond donors (Lipinski definition) is 1. The molecule has 0 radical (unpaired) electrons. The van der Waals surface area contributed by atoms with E-state index in [1.165, 1.54) is 29.2 Å². The molecule has 1 saturated heterocycles. The first kappa shape index (κ1) is 13.9. The van der Waals surface area contributed by atoms with E-state index in [2.05, 4.69) is 15.3 Å². The van der Waals surface area contributed by atoms with E-state index in [0.717, 1.165) is 0 Å². The van der Waals surface area contributed by atoms with Crippen LogP contribution < -0.4 is 5.32 Å². The van der Waals surface area contributed by atoms with Crippen molar-refractivity contribution in [3.05, 3.63) is 24.3 Å². The number of amides is 1. The third-order valence-electron chi connectivity index (χ3n) is 3.05. The van der Waals surface area contributed by atoms with Gasteiger partial charge in [0.15, 0.2) is 0 Å². The quantitative estimate of drug-likeness (QED) is 0.817. The summed E-state index contributed by atoms with van der Waals surface area (Å²) in [4.78, 5) is 19.6. The van der Waals surface area contributed by atoms with E-state index in [9.17, 15) is 13.2 Å². The summed E-state index contributed by atoms with van der Waals surface area (Å²) in [5.41, 5.74) is 0.271. The lowest BCUT2D eigenvalue weighted by atomic mass is 10.1. The van der Waals surface area contributed by atoms with Crippen molar-refractivity contribution in [2.24, 2.45) is 0 Å². The molecular weight excluding hydrogens is 268 g/mol. The number of carbonyl (C=O) groups excluding carboxylic acids is 1. The minimum Gasteiger partial charge on any atom is -0.348 e. The van der Waals surface area contributed by atoms with Crippen LogP contribution in [0.15, 0.2) is 18.6 Å². The summed E-state index contributed by atoms with van der Waals surface area (Å²) in [6.45, 7) is 0.870. The van der Waals surface area contributed by atoms with Gasteiger partial charge in [-0.25, -0.2) is 17.7 Å². The van der Waals surface area contributed by atoms with Crippen molar-refractivity contribution in [3.8, 4) is 0 Å². The first-order valence-corrected chi connectivity index (χ1v) is 7.83. The zero-order valence-electron chi connectivity index (χ0n) is 10.6. The number of sulfonamides is 1. The second-order valence-electron chi connectivity index (χ2n) is 4.50. The first-order chi connectivity index (χ1) is 8.97. The zero-order chi connectivity index (χ0) is 13.9. The number of piperidine rings is 1. The van der Waals surface area contributed by atoms with E-state index in [0.29, 0.717) is 25.9 Å². The lowest BCUT2D eigenvalue weighted by Crippen LogP contribution is -2.46. The molecule has 0 aromatic carbocycles. The number of carbonyl (C=O) groups is 1. The average Bonchev–Trinajstić information content (AvgIpc) is 2.39. The molecule has 1 amide bonds. The highest BCUT2D eigenvalue weighted by molar-refractivity contribution is 7.88. The zero-order valence-corrected chi connectivity index (χ0v) is 11.4. The van der Waals surface area contributed by atoms with Crippen LogP contribution in [-0.4, -0.2) is 54.0 Å². The second-order valence-corrected chi connectivity index (χ2v) is 6.48. The molecule has 1 aromatic rings. The molecule has 1 N–H and O–H groups in total. The van der Waals surface area contributed by atoms with Gasteiger partial charge in [0.05, 0.1) is 12.5 Å². The molecule has 1 aliphatic heterocycles. The number of aromatic nitrogens is 2. The van der Waals surface area contributed by atoms with Crippen LogP contribution in [0.25, 0.3) is 0 Å². The molecule has 7 nitrogen and oxygen atoms in total. The maximum Gasteiger partial charge on any atom is 0.271 e. The molecule has 0 unspecified atom stereocenters. The fourth-order valence-corrected chi connectivity index (χ4v) is 2.88. The molecule has 104 valence electrons. The second kappa shape index (κ2) is 5.62. The lowest BCUT2D eigenvalue weighted by Gasteiger charge is -2.30. The Labute approximate surface area is 112 Å². The normalized spacial score (nSPS) is 18.2. The largest absolute Gasteiger partial charge is 0.348 e. The standard InChI is InChI=1S/C11H16N4O3S/c1-19(17,18)15-6-2-9(3-7-15)14-11(16)10-8-12-4-5-13-10/h4-5,8-9H,2-3,6-7H2,1H3,(H,14,16). The molecule has 0 bridgehead atoms. The van der Waals surface area contributed by atoms with Gasteiger partial charge < -0.3 is 5.32 Å². The van der Waals surface area contributed by atoms with E-state index >= 15 is 0 Å². The molecule has 0 saturated carbocycles. The molecule has 1 aromatic heterocycles. The van der Waals surface area contributed by atoms with Crippen molar-refractivity contribution in [2.75, 3.05) is 19.3 Å². The summed E-state index contributed by atoms with van der Waals surface area (Å²) in [5, 5.41) is 2.84. The van der Waals surface area contributed by atoms with Gasteiger partial charge >= 0.3 is 0 Å². The Hall–Kier alpha value is -1.54. The summed E-state index contributed by atoms with van der Waals surface area (Å²) >= 11 is 0. The number of nitrogens with zero attached hydrogens (tertiary/aromatic N) is 3. The van der Waals surface area contributed by atoms with Crippen molar-refractivity contribution in [1.29, 1.82) is 0 Å². The van der Waals surface area contributed by atoms with Crippen LogP contribution in [0.4, 0.5) is 0 Å². The smallest absolute Gasteiger partial charge is 0.271 e. The fraction of sp³-hybridized carbons (Fsp3) is 0.545. The van der Waals surface area contributed by atoms with Crippen LogP contribution in [0.2, 0.25) is 0 Å². The Balaban J connectivity index is 1.88. The van der Waals surface area contributed by atoms with Gasteiger partial charge in [0.2, 0.25) is 10.0 Å². The molecule has 8 heteroatoms. The van der Waals surface area contributed by atoms with E-state index in [-0.39, 0.29) is 17.6 Å². The summed E-state index contributed by atoms with van der Waals surface area (Å²) < 4.78 is 24.1. The van der Waals surface area contributed by atoms with Gasteiger partial charge in [0.1, 0.15) is 5.69 Å². The predicted molar refractivity (Wildman–Crippen MR) is 68.9 cm³/mol. The van der Waals surface area contributed by atoms with Crippen LogP contribution in [0.3, 0.4) is 0 Å². The topological polar surface area (TPSA) is 92.3 Å². The van der Waals surface area contributed by atoms with Crippen molar-refractivity contribution < 1.29 is 13.2 Å². The Morgan fingerprint density at radius 3 is 2.58 bits per heavy atom. The first-order valence-electron chi connectivity index (χ1n) is 5.99. The van der Waals surface area contributed by atoms with Crippen molar-refractivity contribution >= 4 is 15.9 Å². The predicted octanol–water partition coefficient (Wildman–Crippen LogP) is -0.370. The molecule has 2 heterocycles. The Morgan fingerprint density at radius 2 is 2.05 bits per heavy atom. The molecule has 1 fully saturated rings. The maximum absolute atomic E-state index is 11.8. The van der Waals surface area contributed by atoms with Gasteiger partial charge in [-0.3, -0.25) is 9.78 Å². The summed E-state index contributed by atoms with van der Waals surface area (Å²) in [7, 11) is -3.13. The molecule has 2 rings (SSSR count). The van der Waals surface area contributed by atoms with Crippen LogP contribution in [0, 0.1) is 0 Å². The third-order valence-corrected chi connectivity index (χ3v) is 4.36. The molecule has 0 atom stereocenters. The number of hydrogen-bond acceptors (Lipinski definition) is 5. The molecule has 1 aliphatic rings. The maximum atomic E-state index is 11.8. The highest BCUT2D eigenvalue weighted by atomic mass is 32.2. The molecule has 19 heavy (non-hydrogen) atoms. The van der Waals surface area contributed by atoms with Crippen molar-refractivity contribution in [3.63, 3.8) is 0 Å². The number of nitrogens with one attached hydrogen (secondary N) is 1. The Kier molecular flexibility index (Phi) is 4.11. The van der Waals surface area contributed by atoms with Crippen LogP contribution >= 0.6 is 0 Å². The van der Waals surface area contributed by atoms with Crippen LogP contribution in [-0.2, 0) is 10.0 Å². The Bertz CT molecular complexity index is 538. The van der Waals surface area contributed by atoms with Gasteiger partial charge in [-0.1, -0.05) is 0 Å². The minimum absolute atomic E-state index is 0.0208. The van der Waals surface area contributed by atoms with Crippen molar-refractivity contribution in [1.82, 2.24) is 19.6 Å². The van der Waals surface area contributed by atoms with Gasteiger partial charge in [-0.2, -0.15) is 0 Å². The summed E-state index contributed by atoms with van der Waals surface area (Å²) in [6, 6.07) is -0.0208. The minimum atomic E-state index is -3.13. The van der Waals surface area contributed by atoms with Crippen LogP contribution in [0.5, 0.6) is 0 Å². The molecule has 0 spiro atoms. The summed E-state index contributed by atoms with van der Waals surface area (Å²) in [6.07, 6.45) is 6.78. The summed E-state index contributed by atoms with van der Waals surface area (Å²) in [5.74, 6) is -0.272. The van der Waals surface area contributed by atoms with Crippen LogP contribution in [0.1, 0.15) is 23.3 Å². The SMILES string of the molecule is CS(=O)(=O)N1CCC(NC(=O)c2cnccn2)CC1. The monoisotopic (exact) mass is 284 g/mol.